The van der Waals surface area contributed by atoms with Gasteiger partial charge in [0.25, 0.3) is 5.56 Å². The van der Waals surface area contributed by atoms with Crippen LogP contribution in [0.25, 0.3) is 16.6 Å². The topological polar surface area (TPSA) is 61.1 Å². The van der Waals surface area contributed by atoms with E-state index < -0.39 is 0 Å². The fourth-order valence-electron chi connectivity index (χ4n) is 4.28. The Kier molecular flexibility index (Phi) is 5.67. The van der Waals surface area contributed by atoms with E-state index in [1.54, 1.807) is 22.9 Å². The lowest BCUT2D eigenvalue weighted by Gasteiger charge is -2.10. The van der Waals surface area contributed by atoms with Crippen LogP contribution in [0, 0.1) is 0 Å². The van der Waals surface area contributed by atoms with Crippen molar-refractivity contribution in [1.29, 1.82) is 0 Å². The lowest BCUT2D eigenvalue weighted by Crippen LogP contribution is -2.17. The molecule has 0 saturated carbocycles. The Morgan fingerprint density at radius 1 is 1.19 bits per heavy atom. The SMILES string of the molecule is Cn1c2c(c3ccc(-n4ccc(OCc5ncc(Cl)cc5Cl)cc4=O)cc31)CNCCC2. The third-order valence-corrected chi connectivity index (χ3v) is 6.45. The molecule has 4 heterocycles. The number of ether oxygens (including phenoxy) is 1. The van der Waals surface area contributed by atoms with Gasteiger partial charge in [-0.15, -0.1) is 0 Å². The van der Waals surface area contributed by atoms with Crippen molar-refractivity contribution in [3.63, 3.8) is 0 Å². The summed E-state index contributed by atoms with van der Waals surface area (Å²) in [5.74, 6) is 0.455. The third kappa shape index (κ3) is 3.90. The Labute approximate surface area is 195 Å². The van der Waals surface area contributed by atoms with Gasteiger partial charge in [-0.05, 0) is 49.2 Å². The van der Waals surface area contributed by atoms with Crippen LogP contribution in [0.4, 0.5) is 0 Å². The maximum atomic E-state index is 12.8. The number of aromatic nitrogens is 3. The van der Waals surface area contributed by atoms with Gasteiger partial charge in [-0.2, -0.15) is 0 Å². The average Bonchev–Trinajstić information content (AvgIpc) is 2.93. The zero-order valence-corrected chi connectivity index (χ0v) is 19.1. The molecule has 5 rings (SSSR count). The maximum Gasteiger partial charge on any atom is 0.258 e. The van der Waals surface area contributed by atoms with Gasteiger partial charge in [0.2, 0.25) is 0 Å². The Hall–Kier alpha value is -2.80. The minimum atomic E-state index is -0.172. The predicted molar refractivity (Wildman–Crippen MR) is 127 cm³/mol. The molecule has 0 atom stereocenters. The van der Waals surface area contributed by atoms with E-state index in [2.05, 4.69) is 34.0 Å². The molecule has 0 saturated heterocycles. The molecule has 3 aromatic heterocycles. The molecule has 0 radical (unpaired) electrons. The van der Waals surface area contributed by atoms with Crippen molar-refractivity contribution < 1.29 is 4.74 Å². The number of fused-ring (bicyclic) bond motifs is 3. The van der Waals surface area contributed by atoms with Crippen LogP contribution in [-0.2, 0) is 26.6 Å². The van der Waals surface area contributed by atoms with E-state index in [0.29, 0.717) is 21.5 Å². The van der Waals surface area contributed by atoms with Crippen LogP contribution in [0.3, 0.4) is 0 Å². The minimum absolute atomic E-state index is 0.147. The molecule has 4 aromatic rings. The summed E-state index contributed by atoms with van der Waals surface area (Å²) in [6.45, 7) is 2.07. The number of hydrogen-bond acceptors (Lipinski definition) is 4. The summed E-state index contributed by atoms with van der Waals surface area (Å²) in [6, 6.07) is 11.0. The summed E-state index contributed by atoms with van der Waals surface area (Å²) in [6.07, 6.45) is 5.42. The van der Waals surface area contributed by atoms with Gasteiger partial charge >= 0.3 is 0 Å². The Morgan fingerprint density at radius 3 is 2.88 bits per heavy atom. The average molecular weight is 469 g/mol. The molecule has 164 valence electrons. The first-order chi connectivity index (χ1) is 15.5. The van der Waals surface area contributed by atoms with Gasteiger partial charge in [-0.1, -0.05) is 29.3 Å². The third-order valence-electron chi connectivity index (χ3n) is 5.92. The zero-order valence-electron chi connectivity index (χ0n) is 17.6. The maximum absolute atomic E-state index is 12.8. The highest BCUT2D eigenvalue weighted by Crippen LogP contribution is 2.29. The van der Waals surface area contributed by atoms with Crippen molar-refractivity contribution in [2.75, 3.05) is 6.54 Å². The molecular formula is C24H22Cl2N4O2. The summed E-state index contributed by atoms with van der Waals surface area (Å²) < 4.78 is 9.60. The largest absolute Gasteiger partial charge is 0.487 e. The molecule has 0 unspecified atom stereocenters. The molecule has 0 aliphatic carbocycles. The smallest absolute Gasteiger partial charge is 0.258 e. The number of nitrogens with one attached hydrogen (secondary N) is 1. The molecule has 1 aliphatic rings. The molecule has 32 heavy (non-hydrogen) atoms. The number of hydrogen-bond donors (Lipinski definition) is 1. The van der Waals surface area contributed by atoms with Gasteiger partial charge in [0.05, 0.1) is 26.9 Å². The lowest BCUT2D eigenvalue weighted by atomic mass is 10.1. The second-order valence-corrected chi connectivity index (χ2v) is 8.75. The van der Waals surface area contributed by atoms with Crippen LogP contribution in [-0.4, -0.2) is 20.7 Å². The molecule has 6 nitrogen and oxygen atoms in total. The van der Waals surface area contributed by atoms with E-state index in [0.717, 1.165) is 37.1 Å². The number of pyridine rings is 2. The highest BCUT2D eigenvalue weighted by Gasteiger charge is 2.17. The summed E-state index contributed by atoms with van der Waals surface area (Å²) >= 11 is 12.0. The van der Waals surface area contributed by atoms with Crippen LogP contribution < -0.4 is 15.6 Å². The summed E-state index contributed by atoms with van der Waals surface area (Å²) in [7, 11) is 2.10. The Morgan fingerprint density at radius 2 is 2.06 bits per heavy atom. The highest BCUT2D eigenvalue weighted by atomic mass is 35.5. The van der Waals surface area contributed by atoms with Crippen molar-refractivity contribution in [2.24, 2.45) is 7.05 Å². The van der Waals surface area contributed by atoms with Crippen LogP contribution in [0.5, 0.6) is 5.75 Å². The molecule has 0 amide bonds. The van der Waals surface area contributed by atoms with Gasteiger partial charge in [0.1, 0.15) is 12.4 Å². The first-order valence-electron chi connectivity index (χ1n) is 10.5. The molecule has 1 N–H and O–H groups in total. The molecule has 0 spiro atoms. The Bertz CT molecular complexity index is 1380. The summed E-state index contributed by atoms with van der Waals surface area (Å²) in [4.78, 5) is 17.0. The standard InChI is InChI=1S/C24H22Cl2N4O2/c1-29-22-3-2-7-27-13-19(22)18-5-4-16(10-23(18)29)30-8-6-17(11-24(30)31)32-14-21-20(26)9-15(25)12-28-21/h4-6,8-12,27H,2-3,7,13-14H2,1H3. The second kappa shape index (κ2) is 8.62. The molecule has 0 bridgehead atoms. The van der Waals surface area contributed by atoms with Crippen molar-refractivity contribution in [3.05, 3.63) is 86.1 Å². The molecule has 1 aliphatic heterocycles. The van der Waals surface area contributed by atoms with Gasteiger partial charge in [0, 0.05) is 43.1 Å². The van der Waals surface area contributed by atoms with E-state index >= 15 is 0 Å². The number of nitrogens with zero attached hydrogens (tertiary/aromatic N) is 3. The van der Waals surface area contributed by atoms with Crippen LogP contribution in [0.2, 0.25) is 10.0 Å². The van der Waals surface area contributed by atoms with Gasteiger partial charge in [-0.3, -0.25) is 14.3 Å². The predicted octanol–water partition coefficient (Wildman–Crippen LogP) is 4.65. The lowest BCUT2D eigenvalue weighted by molar-refractivity contribution is 0.300. The highest BCUT2D eigenvalue weighted by molar-refractivity contribution is 6.34. The molecule has 1 aromatic carbocycles. The van der Waals surface area contributed by atoms with E-state index in [4.69, 9.17) is 27.9 Å². The summed E-state index contributed by atoms with van der Waals surface area (Å²) in [5.41, 5.74) is 5.06. The van der Waals surface area contributed by atoms with E-state index in [1.807, 2.05) is 6.07 Å². The van der Waals surface area contributed by atoms with Crippen molar-refractivity contribution in [2.45, 2.75) is 26.0 Å². The van der Waals surface area contributed by atoms with Gasteiger partial charge < -0.3 is 14.6 Å². The second-order valence-electron chi connectivity index (χ2n) is 7.91. The van der Waals surface area contributed by atoms with Crippen molar-refractivity contribution in [1.82, 2.24) is 19.4 Å². The number of aryl methyl sites for hydroxylation is 1. The van der Waals surface area contributed by atoms with E-state index in [1.165, 1.54) is 28.9 Å². The fraction of sp³-hybridized carbons (Fsp3) is 0.250. The number of rotatable bonds is 4. The monoisotopic (exact) mass is 468 g/mol. The normalized spacial score (nSPS) is 13.7. The van der Waals surface area contributed by atoms with Crippen molar-refractivity contribution >= 4 is 34.1 Å². The van der Waals surface area contributed by atoms with E-state index in [9.17, 15) is 4.79 Å². The quantitative estimate of drug-likeness (QED) is 0.473. The van der Waals surface area contributed by atoms with Crippen LogP contribution in [0.1, 0.15) is 23.4 Å². The van der Waals surface area contributed by atoms with Crippen LogP contribution in [0.15, 0.2) is 53.6 Å². The number of benzene rings is 1. The van der Waals surface area contributed by atoms with Crippen molar-refractivity contribution in [3.8, 4) is 11.4 Å². The fourth-order valence-corrected chi connectivity index (χ4v) is 4.72. The Balaban J connectivity index is 1.42. The van der Waals surface area contributed by atoms with E-state index in [-0.39, 0.29) is 12.2 Å². The molecular weight excluding hydrogens is 447 g/mol. The van der Waals surface area contributed by atoms with Gasteiger partial charge in [0.15, 0.2) is 0 Å². The first kappa shape index (κ1) is 21.1. The number of halogens is 2. The molecule has 8 heteroatoms. The van der Waals surface area contributed by atoms with Gasteiger partial charge in [-0.25, -0.2) is 0 Å². The zero-order chi connectivity index (χ0) is 22.2. The minimum Gasteiger partial charge on any atom is -0.487 e. The first-order valence-corrected chi connectivity index (χ1v) is 11.2. The summed E-state index contributed by atoms with van der Waals surface area (Å²) in [5, 5.41) is 5.62. The van der Waals surface area contributed by atoms with Crippen LogP contribution >= 0.6 is 23.2 Å². The molecule has 0 fully saturated rings.